The van der Waals surface area contributed by atoms with Crippen LogP contribution in [-0.4, -0.2) is 29.5 Å². The van der Waals surface area contributed by atoms with Gasteiger partial charge in [-0.15, -0.1) is 12.4 Å². The van der Waals surface area contributed by atoms with Gasteiger partial charge in [-0.1, -0.05) is 29.8 Å². The largest absolute Gasteiger partial charge is 0.376 e. The summed E-state index contributed by atoms with van der Waals surface area (Å²) in [7, 11) is 1.95. The maximum Gasteiger partial charge on any atom is 0.0771 e. The second-order valence-corrected chi connectivity index (χ2v) is 6.09. The Kier molecular flexibility index (Phi) is 6.63. The highest BCUT2D eigenvalue weighted by Gasteiger charge is 2.18. The summed E-state index contributed by atoms with van der Waals surface area (Å²) in [6.07, 6.45) is 3.87. The Bertz CT molecular complexity index is 603. The van der Waals surface area contributed by atoms with E-state index in [4.69, 9.17) is 9.84 Å². The second-order valence-electron chi connectivity index (χ2n) is 6.09. The van der Waals surface area contributed by atoms with Crippen LogP contribution in [0.4, 0.5) is 0 Å². The predicted octanol–water partition coefficient (Wildman–Crippen LogP) is 3.57. The number of benzene rings is 1. The van der Waals surface area contributed by atoms with Crippen LogP contribution in [0, 0.1) is 6.92 Å². The molecular weight excluding hydrogens is 310 g/mol. The van der Waals surface area contributed by atoms with E-state index >= 15 is 0 Å². The van der Waals surface area contributed by atoms with E-state index in [9.17, 15) is 0 Å². The van der Waals surface area contributed by atoms with Gasteiger partial charge in [-0.05, 0) is 44.9 Å². The quantitative estimate of drug-likeness (QED) is 0.908. The monoisotopic (exact) mass is 335 g/mol. The number of nitrogens with zero attached hydrogens (tertiary/aromatic N) is 2. The Hall–Kier alpha value is -1.36. The van der Waals surface area contributed by atoms with Crippen molar-refractivity contribution in [3.8, 4) is 11.3 Å². The summed E-state index contributed by atoms with van der Waals surface area (Å²) in [6.45, 7) is 4.63. The number of aryl methyl sites for hydroxylation is 1. The van der Waals surface area contributed by atoms with Crippen molar-refractivity contribution in [1.29, 1.82) is 0 Å². The first kappa shape index (κ1) is 18.0. The molecule has 1 unspecified atom stereocenters. The minimum absolute atomic E-state index is 0. The van der Waals surface area contributed by atoms with E-state index in [1.54, 1.807) is 0 Å². The molecule has 1 aromatic carbocycles. The molecule has 0 radical (unpaired) electrons. The van der Waals surface area contributed by atoms with Crippen LogP contribution in [0.2, 0.25) is 0 Å². The van der Waals surface area contributed by atoms with Crippen molar-refractivity contribution in [2.24, 2.45) is 0 Å². The maximum atomic E-state index is 5.88. The molecule has 2 aromatic rings. The average molecular weight is 336 g/mol. The van der Waals surface area contributed by atoms with Crippen molar-refractivity contribution in [3.63, 3.8) is 0 Å². The first-order valence-corrected chi connectivity index (χ1v) is 8.16. The van der Waals surface area contributed by atoms with Crippen molar-refractivity contribution in [1.82, 2.24) is 15.1 Å². The summed E-state index contributed by atoms with van der Waals surface area (Å²) in [4.78, 5) is 0. The molecule has 5 heteroatoms. The predicted molar refractivity (Wildman–Crippen MR) is 96.0 cm³/mol. The van der Waals surface area contributed by atoms with Crippen LogP contribution in [0.15, 0.2) is 30.3 Å². The number of ether oxygens (including phenoxy) is 1. The SMILES string of the molecule is CNCc1cc(-c2ccc(C)cc2)n(CC2CCCCO2)n1.Cl. The molecule has 23 heavy (non-hydrogen) atoms. The van der Waals surface area contributed by atoms with E-state index in [2.05, 4.69) is 47.3 Å². The van der Waals surface area contributed by atoms with Crippen molar-refractivity contribution >= 4 is 12.4 Å². The lowest BCUT2D eigenvalue weighted by atomic mass is 10.1. The van der Waals surface area contributed by atoms with Crippen molar-refractivity contribution in [2.45, 2.75) is 45.4 Å². The van der Waals surface area contributed by atoms with Gasteiger partial charge in [-0.3, -0.25) is 4.68 Å². The fourth-order valence-corrected chi connectivity index (χ4v) is 2.98. The van der Waals surface area contributed by atoms with E-state index in [0.29, 0.717) is 6.10 Å². The molecule has 1 atom stereocenters. The summed E-state index contributed by atoms with van der Waals surface area (Å²) >= 11 is 0. The van der Waals surface area contributed by atoms with Crippen LogP contribution in [0.3, 0.4) is 0 Å². The third-order valence-electron chi connectivity index (χ3n) is 4.19. The molecule has 4 nitrogen and oxygen atoms in total. The van der Waals surface area contributed by atoms with Crippen molar-refractivity contribution in [3.05, 3.63) is 41.6 Å². The van der Waals surface area contributed by atoms with E-state index in [1.807, 2.05) is 7.05 Å². The van der Waals surface area contributed by atoms with E-state index in [-0.39, 0.29) is 12.4 Å². The van der Waals surface area contributed by atoms with Gasteiger partial charge in [0, 0.05) is 13.2 Å². The van der Waals surface area contributed by atoms with Gasteiger partial charge in [-0.25, -0.2) is 0 Å². The fourth-order valence-electron chi connectivity index (χ4n) is 2.98. The molecule has 0 bridgehead atoms. The smallest absolute Gasteiger partial charge is 0.0771 e. The zero-order valence-corrected chi connectivity index (χ0v) is 14.7. The first-order chi connectivity index (χ1) is 10.8. The number of hydrogen-bond donors (Lipinski definition) is 1. The molecule has 126 valence electrons. The van der Waals surface area contributed by atoms with Gasteiger partial charge < -0.3 is 10.1 Å². The van der Waals surface area contributed by atoms with Crippen LogP contribution in [0.1, 0.15) is 30.5 Å². The Morgan fingerprint density at radius 3 is 2.70 bits per heavy atom. The van der Waals surface area contributed by atoms with Crippen molar-refractivity contribution in [2.75, 3.05) is 13.7 Å². The number of halogens is 1. The molecule has 1 fully saturated rings. The zero-order chi connectivity index (χ0) is 15.4. The maximum absolute atomic E-state index is 5.88. The van der Waals surface area contributed by atoms with Crippen LogP contribution in [0.5, 0.6) is 0 Å². The average Bonchev–Trinajstić information content (AvgIpc) is 2.92. The highest BCUT2D eigenvalue weighted by Crippen LogP contribution is 2.23. The van der Waals surface area contributed by atoms with Gasteiger partial charge >= 0.3 is 0 Å². The third kappa shape index (κ3) is 4.56. The summed E-state index contributed by atoms with van der Waals surface area (Å²) in [6, 6.07) is 10.8. The molecule has 1 aromatic heterocycles. The Morgan fingerprint density at radius 2 is 2.04 bits per heavy atom. The summed E-state index contributed by atoms with van der Waals surface area (Å²) in [5.41, 5.74) is 4.76. The second kappa shape index (κ2) is 8.48. The zero-order valence-electron chi connectivity index (χ0n) is 13.9. The first-order valence-electron chi connectivity index (χ1n) is 8.16. The van der Waals surface area contributed by atoms with Gasteiger partial charge in [0.1, 0.15) is 0 Å². The summed E-state index contributed by atoms with van der Waals surface area (Å²) in [5, 5.41) is 7.95. The molecule has 0 aliphatic carbocycles. The highest BCUT2D eigenvalue weighted by molar-refractivity contribution is 5.85. The molecular formula is C18H26ClN3O. The highest BCUT2D eigenvalue weighted by atomic mass is 35.5. The number of nitrogens with one attached hydrogen (secondary N) is 1. The molecule has 1 aliphatic heterocycles. The summed E-state index contributed by atoms with van der Waals surface area (Å²) < 4.78 is 8.00. The minimum Gasteiger partial charge on any atom is -0.376 e. The van der Waals surface area contributed by atoms with Crippen LogP contribution >= 0.6 is 12.4 Å². The standard InChI is InChI=1S/C18H25N3O.ClH/c1-14-6-8-15(9-7-14)18-11-16(12-19-2)20-21(18)13-17-5-3-4-10-22-17;/h6-9,11,17,19H,3-5,10,12-13H2,1-2H3;1H. The topological polar surface area (TPSA) is 39.1 Å². The van der Waals surface area contributed by atoms with Crippen LogP contribution in [0.25, 0.3) is 11.3 Å². The Morgan fingerprint density at radius 1 is 1.26 bits per heavy atom. The van der Waals surface area contributed by atoms with Gasteiger partial charge in [0.15, 0.2) is 0 Å². The van der Waals surface area contributed by atoms with Gasteiger partial charge in [0.05, 0.1) is 24.0 Å². The molecule has 2 heterocycles. The van der Waals surface area contributed by atoms with Crippen LogP contribution in [-0.2, 0) is 17.8 Å². The molecule has 1 saturated heterocycles. The molecule has 3 rings (SSSR count). The van der Waals surface area contributed by atoms with E-state index in [0.717, 1.165) is 31.8 Å². The van der Waals surface area contributed by atoms with Crippen molar-refractivity contribution < 1.29 is 4.74 Å². The normalized spacial score (nSPS) is 17.7. The minimum atomic E-state index is 0. The number of aromatic nitrogens is 2. The summed E-state index contributed by atoms with van der Waals surface area (Å²) in [5.74, 6) is 0. The van der Waals surface area contributed by atoms with Gasteiger partial charge in [0.2, 0.25) is 0 Å². The van der Waals surface area contributed by atoms with E-state index in [1.165, 1.54) is 29.7 Å². The third-order valence-corrected chi connectivity index (χ3v) is 4.19. The number of rotatable bonds is 5. The Labute approximate surface area is 144 Å². The lowest BCUT2D eigenvalue weighted by Crippen LogP contribution is -2.25. The number of hydrogen-bond acceptors (Lipinski definition) is 3. The molecule has 0 amide bonds. The Balaban J connectivity index is 0.00000192. The molecule has 1 aliphatic rings. The van der Waals surface area contributed by atoms with Crippen LogP contribution < -0.4 is 5.32 Å². The van der Waals surface area contributed by atoms with Gasteiger partial charge in [-0.2, -0.15) is 5.10 Å². The van der Waals surface area contributed by atoms with Gasteiger partial charge in [0.25, 0.3) is 0 Å². The lowest BCUT2D eigenvalue weighted by molar-refractivity contribution is 0.00423. The molecule has 1 N–H and O–H groups in total. The molecule has 0 saturated carbocycles. The lowest BCUT2D eigenvalue weighted by Gasteiger charge is -2.23. The fraction of sp³-hybridized carbons (Fsp3) is 0.500. The van der Waals surface area contributed by atoms with E-state index < -0.39 is 0 Å². The molecule has 0 spiro atoms.